The molecule has 1 aliphatic rings. The standard InChI is InChI=1S/C13H17ClO/c1-2-3-4-9-7-11(9)10-5-6-13(15)12(14)8-10/h5-6,8-9,11,15H,2-4,7H2,1H3. The first kappa shape index (κ1) is 10.8. The molecule has 2 rings (SSSR count). The second-order valence-corrected chi connectivity index (χ2v) is 4.86. The summed E-state index contributed by atoms with van der Waals surface area (Å²) in [7, 11) is 0. The molecule has 1 aliphatic carbocycles. The zero-order valence-corrected chi connectivity index (χ0v) is 9.80. The molecule has 1 saturated carbocycles. The van der Waals surface area contributed by atoms with E-state index in [4.69, 9.17) is 11.6 Å². The summed E-state index contributed by atoms with van der Waals surface area (Å²) >= 11 is 5.89. The predicted molar refractivity (Wildman–Crippen MR) is 63.5 cm³/mol. The third-order valence-corrected chi connectivity index (χ3v) is 3.55. The van der Waals surface area contributed by atoms with Crippen LogP contribution in [0.25, 0.3) is 0 Å². The maximum atomic E-state index is 9.32. The summed E-state index contributed by atoms with van der Waals surface area (Å²) in [6, 6.07) is 5.61. The van der Waals surface area contributed by atoms with Crippen LogP contribution in [0.3, 0.4) is 0 Å². The van der Waals surface area contributed by atoms with Gasteiger partial charge in [0.25, 0.3) is 0 Å². The van der Waals surface area contributed by atoms with E-state index in [-0.39, 0.29) is 5.75 Å². The Morgan fingerprint density at radius 1 is 1.47 bits per heavy atom. The van der Waals surface area contributed by atoms with E-state index in [0.29, 0.717) is 10.9 Å². The van der Waals surface area contributed by atoms with Gasteiger partial charge in [0.2, 0.25) is 0 Å². The minimum atomic E-state index is 0.186. The average Bonchev–Trinajstić information content (AvgIpc) is 2.98. The van der Waals surface area contributed by atoms with Crippen molar-refractivity contribution in [2.45, 2.75) is 38.5 Å². The second-order valence-electron chi connectivity index (χ2n) is 4.46. The summed E-state index contributed by atoms with van der Waals surface area (Å²) in [6.07, 6.45) is 5.23. The number of hydrogen-bond acceptors (Lipinski definition) is 1. The molecule has 0 heterocycles. The normalized spacial score (nSPS) is 24.1. The van der Waals surface area contributed by atoms with Crippen molar-refractivity contribution in [3.63, 3.8) is 0 Å². The second kappa shape index (κ2) is 4.44. The molecule has 1 fully saturated rings. The lowest BCUT2D eigenvalue weighted by Crippen LogP contribution is -1.84. The number of phenols is 1. The van der Waals surface area contributed by atoms with Gasteiger partial charge in [0.1, 0.15) is 5.75 Å². The van der Waals surface area contributed by atoms with Gasteiger partial charge in [0.05, 0.1) is 5.02 Å². The van der Waals surface area contributed by atoms with E-state index < -0.39 is 0 Å². The van der Waals surface area contributed by atoms with Crippen LogP contribution in [-0.2, 0) is 0 Å². The van der Waals surface area contributed by atoms with Crippen molar-refractivity contribution in [1.82, 2.24) is 0 Å². The maximum Gasteiger partial charge on any atom is 0.134 e. The fraction of sp³-hybridized carbons (Fsp3) is 0.538. The number of aromatic hydroxyl groups is 1. The Morgan fingerprint density at radius 3 is 2.93 bits per heavy atom. The highest BCUT2D eigenvalue weighted by Crippen LogP contribution is 2.51. The molecule has 2 unspecified atom stereocenters. The molecular weight excluding hydrogens is 208 g/mol. The molecule has 1 nitrogen and oxygen atoms in total. The molecule has 0 spiro atoms. The molecule has 82 valence electrons. The van der Waals surface area contributed by atoms with E-state index in [0.717, 1.165) is 5.92 Å². The molecule has 0 amide bonds. The molecule has 15 heavy (non-hydrogen) atoms. The number of benzene rings is 1. The average molecular weight is 225 g/mol. The summed E-state index contributed by atoms with van der Waals surface area (Å²) in [4.78, 5) is 0. The summed E-state index contributed by atoms with van der Waals surface area (Å²) in [6.45, 7) is 2.23. The van der Waals surface area contributed by atoms with E-state index in [2.05, 4.69) is 6.92 Å². The highest BCUT2D eigenvalue weighted by molar-refractivity contribution is 6.32. The fourth-order valence-electron chi connectivity index (χ4n) is 2.19. The maximum absolute atomic E-state index is 9.32. The van der Waals surface area contributed by atoms with Gasteiger partial charge in [-0.3, -0.25) is 0 Å². The summed E-state index contributed by atoms with van der Waals surface area (Å²) in [5.74, 6) is 1.73. The van der Waals surface area contributed by atoms with Crippen molar-refractivity contribution in [1.29, 1.82) is 0 Å². The molecule has 1 aromatic rings. The number of unbranched alkanes of at least 4 members (excludes halogenated alkanes) is 1. The highest BCUT2D eigenvalue weighted by Gasteiger charge is 2.37. The van der Waals surface area contributed by atoms with Gasteiger partial charge in [0, 0.05) is 0 Å². The first-order chi connectivity index (χ1) is 7.22. The lowest BCUT2D eigenvalue weighted by atomic mass is 10.1. The third-order valence-electron chi connectivity index (χ3n) is 3.25. The van der Waals surface area contributed by atoms with Crippen molar-refractivity contribution in [2.24, 2.45) is 5.92 Å². The van der Waals surface area contributed by atoms with E-state index in [1.165, 1.54) is 31.2 Å². The first-order valence-corrected chi connectivity index (χ1v) is 6.08. The Labute approximate surface area is 96.1 Å². The van der Waals surface area contributed by atoms with Crippen LogP contribution in [0.2, 0.25) is 5.02 Å². The van der Waals surface area contributed by atoms with Crippen molar-refractivity contribution >= 4 is 11.6 Å². The van der Waals surface area contributed by atoms with E-state index in [9.17, 15) is 5.11 Å². The third kappa shape index (κ3) is 2.46. The molecule has 1 aromatic carbocycles. The van der Waals surface area contributed by atoms with Gasteiger partial charge in [-0.15, -0.1) is 0 Å². The first-order valence-electron chi connectivity index (χ1n) is 5.70. The quantitative estimate of drug-likeness (QED) is 0.807. The monoisotopic (exact) mass is 224 g/mol. The van der Waals surface area contributed by atoms with Crippen LogP contribution in [0.15, 0.2) is 18.2 Å². The van der Waals surface area contributed by atoms with Crippen LogP contribution >= 0.6 is 11.6 Å². The lowest BCUT2D eigenvalue weighted by molar-refractivity contribution is 0.475. The van der Waals surface area contributed by atoms with E-state index in [1.807, 2.05) is 12.1 Å². The van der Waals surface area contributed by atoms with Crippen LogP contribution < -0.4 is 0 Å². The van der Waals surface area contributed by atoms with Crippen molar-refractivity contribution in [2.75, 3.05) is 0 Å². The SMILES string of the molecule is CCCCC1CC1c1ccc(O)c(Cl)c1. The number of phenolic OH excluding ortho intramolecular Hbond substituents is 1. The predicted octanol–water partition coefficient (Wildman–Crippen LogP) is 4.34. The molecule has 0 aliphatic heterocycles. The zero-order chi connectivity index (χ0) is 10.8. The van der Waals surface area contributed by atoms with Crippen molar-refractivity contribution < 1.29 is 5.11 Å². The molecule has 0 saturated heterocycles. The van der Waals surface area contributed by atoms with E-state index >= 15 is 0 Å². The van der Waals surface area contributed by atoms with Crippen molar-refractivity contribution in [3.8, 4) is 5.75 Å². The summed E-state index contributed by atoms with van der Waals surface area (Å²) < 4.78 is 0. The molecule has 2 atom stereocenters. The highest BCUT2D eigenvalue weighted by atomic mass is 35.5. The van der Waals surface area contributed by atoms with Crippen LogP contribution in [0.1, 0.15) is 44.1 Å². The minimum Gasteiger partial charge on any atom is -0.506 e. The molecular formula is C13H17ClO. The van der Waals surface area contributed by atoms with Crippen LogP contribution in [0.5, 0.6) is 5.75 Å². The van der Waals surface area contributed by atoms with Gasteiger partial charge in [-0.05, 0) is 42.4 Å². The van der Waals surface area contributed by atoms with Crippen LogP contribution in [0, 0.1) is 5.92 Å². The topological polar surface area (TPSA) is 20.2 Å². The summed E-state index contributed by atoms with van der Waals surface area (Å²) in [5, 5.41) is 9.80. The van der Waals surface area contributed by atoms with Gasteiger partial charge in [-0.25, -0.2) is 0 Å². The van der Waals surface area contributed by atoms with Gasteiger partial charge in [-0.1, -0.05) is 37.4 Å². The van der Waals surface area contributed by atoms with Gasteiger partial charge in [0.15, 0.2) is 0 Å². The van der Waals surface area contributed by atoms with Gasteiger partial charge < -0.3 is 5.11 Å². The summed E-state index contributed by atoms with van der Waals surface area (Å²) in [5.41, 5.74) is 1.29. The Morgan fingerprint density at radius 2 is 2.27 bits per heavy atom. The molecule has 0 bridgehead atoms. The van der Waals surface area contributed by atoms with Gasteiger partial charge in [-0.2, -0.15) is 0 Å². The Balaban J connectivity index is 1.98. The Bertz CT molecular complexity index is 348. The fourth-order valence-corrected chi connectivity index (χ4v) is 2.38. The smallest absolute Gasteiger partial charge is 0.134 e. The molecule has 0 aromatic heterocycles. The minimum absolute atomic E-state index is 0.186. The van der Waals surface area contributed by atoms with Crippen molar-refractivity contribution in [3.05, 3.63) is 28.8 Å². The van der Waals surface area contributed by atoms with Crippen LogP contribution in [-0.4, -0.2) is 5.11 Å². The largest absolute Gasteiger partial charge is 0.506 e. The number of halogens is 1. The lowest BCUT2D eigenvalue weighted by Gasteiger charge is -2.02. The van der Waals surface area contributed by atoms with Crippen LogP contribution in [0.4, 0.5) is 0 Å². The van der Waals surface area contributed by atoms with E-state index in [1.54, 1.807) is 6.07 Å². The molecule has 0 radical (unpaired) electrons. The van der Waals surface area contributed by atoms with Gasteiger partial charge >= 0.3 is 0 Å². The Hall–Kier alpha value is -0.690. The zero-order valence-electron chi connectivity index (χ0n) is 9.04. The Kier molecular flexibility index (Phi) is 3.20. The molecule has 2 heteroatoms. The molecule has 1 N–H and O–H groups in total. The number of hydrogen-bond donors (Lipinski definition) is 1. The number of rotatable bonds is 4.